The summed E-state index contributed by atoms with van der Waals surface area (Å²) in [5, 5.41) is 13.6. The molecule has 0 radical (unpaired) electrons. The molecule has 11 nitrogen and oxygen atoms in total. The molecule has 0 saturated carbocycles. The van der Waals surface area contributed by atoms with E-state index in [4.69, 9.17) is 14.2 Å². The molecule has 2 aliphatic heterocycles. The molecule has 1 saturated heterocycles. The quantitative estimate of drug-likeness (QED) is 0.427. The molecule has 0 unspecified atom stereocenters. The highest BCUT2D eigenvalue weighted by Crippen LogP contribution is 2.37. The summed E-state index contributed by atoms with van der Waals surface area (Å²) in [5.41, 5.74) is 1.85. The Kier molecular flexibility index (Phi) is 5.94. The second-order valence-electron chi connectivity index (χ2n) is 10.6. The summed E-state index contributed by atoms with van der Waals surface area (Å²) in [6.07, 6.45) is 0. The minimum atomic E-state index is -0.435. The van der Waals surface area contributed by atoms with Gasteiger partial charge in [0.05, 0.1) is 18.2 Å². The molecule has 38 heavy (non-hydrogen) atoms. The minimum Gasteiger partial charge on any atom is -0.497 e. The number of piperazine rings is 1. The van der Waals surface area contributed by atoms with Gasteiger partial charge >= 0.3 is 0 Å². The summed E-state index contributed by atoms with van der Waals surface area (Å²) in [5.74, 6) is 2.76. The van der Waals surface area contributed by atoms with Crippen LogP contribution in [0.1, 0.15) is 38.2 Å². The monoisotopic (exact) mass is 517 g/mol. The third-order valence-electron chi connectivity index (χ3n) is 7.13. The highest BCUT2D eigenvalue weighted by Gasteiger charge is 2.35. The molecule has 2 aromatic heterocycles. The Bertz CT molecular complexity index is 1530. The molecule has 1 N–H and O–H groups in total. The van der Waals surface area contributed by atoms with Crippen molar-refractivity contribution in [2.24, 2.45) is 0 Å². The van der Waals surface area contributed by atoms with Crippen LogP contribution in [0.3, 0.4) is 0 Å². The molecule has 0 amide bonds. The highest BCUT2D eigenvalue weighted by molar-refractivity contribution is 5.83. The van der Waals surface area contributed by atoms with Gasteiger partial charge in [0, 0.05) is 54.9 Å². The average Bonchev–Trinajstić information content (AvgIpc) is 3.58. The lowest BCUT2D eigenvalue weighted by molar-refractivity contribution is 0.174. The van der Waals surface area contributed by atoms with Gasteiger partial charge in [-0.1, -0.05) is 6.07 Å². The Morgan fingerprint density at radius 2 is 1.79 bits per heavy atom. The Morgan fingerprint density at radius 1 is 1.03 bits per heavy atom. The molecule has 4 aromatic rings. The first kappa shape index (κ1) is 24.2. The van der Waals surface area contributed by atoms with E-state index in [1.807, 2.05) is 41.1 Å². The number of rotatable bonds is 5. The van der Waals surface area contributed by atoms with Gasteiger partial charge in [0.15, 0.2) is 17.3 Å². The van der Waals surface area contributed by atoms with Crippen molar-refractivity contribution in [3.8, 4) is 17.2 Å². The van der Waals surface area contributed by atoms with E-state index in [1.165, 1.54) is 0 Å². The lowest BCUT2D eigenvalue weighted by Gasteiger charge is -2.40. The second kappa shape index (κ2) is 9.32. The molecule has 6 rings (SSSR count). The summed E-state index contributed by atoms with van der Waals surface area (Å²) in [4.78, 5) is 21.2. The molecular formula is C27H31N7O4. The fourth-order valence-electron chi connectivity index (χ4n) is 5.20. The zero-order chi connectivity index (χ0) is 26.4. The van der Waals surface area contributed by atoms with E-state index in [0.29, 0.717) is 28.4 Å². The number of aromatic amines is 1. The molecule has 11 heteroatoms. The van der Waals surface area contributed by atoms with Crippen molar-refractivity contribution in [1.29, 1.82) is 0 Å². The van der Waals surface area contributed by atoms with Gasteiger partial charge in [-0.2, -0.15) is 0 Å². The molecular weight excluding hydrogens is 486 g/mol. The van der Waals surface area contributed by atoms with Gasteiger partial charge in [0.2, 0.25) is 6.79 Å². The van der Waals surface area contributed by atoms with Crippen LogP contribution in [-0.4, -0.2) is 70.2 Å². The first-order valence-corrected chi connectivity index (χ1v) is 12.7. The number of nitrogens with zero attached hydrogens (tertiary/aromatic N) is 6. The zero-order valence-corrected chi connectivity index (χ0v) is 22.0. The summed E-state index contributed by atoms with van der Waals surface area (Å²) in [6.45, 7) is 9.33. The third-order valence-corrected chi connectivity index (χ3v) is 7.13. The van der Waals surface area contributed by atoms with Gasteiger partial charge in [0.1, 0.15) is 11.8 Å². The Hall–Kier alpha value is -4.12. The molecule has 0 bridgehead atoms. The molecule has 0 spiro atoms. The topological polar surface area (TPSA) is 111 Å². The van der Waals surface area contributed by atoms with Crippen LogP contribution in [0.25, 0.3) is 10.9 Å². The maximum absolute atomic E-state index is 13.6. The van der Waals surface area contributed by atoms with Gasteiger partial charge in [-0.3, -0.25) is 9.69 Å². The normalized spacial score (nSPS) is 16.7. The number of tetrazole rings is 1. The van der Waals surface area contributed by atoms with Crippen molar-refractivity contribution in [1.82, 2.24) is 30.1 Å². The van der Waals surface area contributed by atoms with E-state index in [-0.39, 0.29) is 17.9 Å². The van der Waals surface area contributed by atoms with E-state index < -0.39 is 6.04 Å². The molecule has 4 heterocycles. The second-order valence-corrected chi connectivity index (χ2v) is 10.6. The Labute approximate surface area is 219 Å². The maximum atomic E-state index is 13.6. The summed E-state index contributed by atoms with van der Waals surface area (Å²) >= 11 is 0. The maximum Gasteiger partial charge on any atom is 0.253 e. The number of aromatic nitrogens is 5. The van der Waals surface area contributed by atoms with E-state index >= 15 is 0 Å². The summed E-state index contributed by atoms with van der Waals surface area (Å²) in [6, 6.07) is 13.3. The van der Waals surface area contributed by atoms with Gasteiger partial charge in [-0.15, -0.1) is 5.10 Å². The number of benzene rings is 2. The number of pyridine rings is 1. The predicted octanol–water partition coefficient (Wildman–Crippen LogP) is 2.92. The fourth-order valence-corrected chi connectivity index (χ4v) is 5.20. The standard InChI is InChI=1S/C27H31N7O4/c1-27(2,3)34-25(29-30-31-34)24(33-10-8-32(9-11-33)18-6-5-7-19(14-18)36-4)20-12-17-13-22-23(38-16-37-22)15-21(17)28-26(20)35/h5-7,12-15,24H,8-11,16H2,1-4H3,(H,28,35)/t24-/m1/s1. The summed E-state index contributed by atoms with van der Waals surface area (Å²) in [7, 11) is 1.68. The van der Waals surface area contributed by atoms with Gasteiger partial charge < -0.3 is 24.1 Å². The lowest BCUT2D eigenvalue weighted by atomic mass is 10.0. The molecule has 2 aliphatic rings. The SMILES string of the molecule is COc1cccc(N2CCN([C@H](c3cc4cc5c(cc4[nH]c3=O)OCO5)c3nnnn3C(C)(C)C)CC2)c1. The van der Waals surface area contributed by atoms with Crippen LogP contribution in [-0.2, 0) is 5.54 Å². The Balaban J connectivity index is 1.39. The van der Waals surface area contributed by atoms with Crippen molar-refractivity contribution >= 4 is 16.6 Å². The van der Waals surface area contributed by atoms with Crippen LogP contribution in [0.4, 0.5) is 5.69 Å². The van der Waals surface area contributed by atoms with Crippen LogP contribution >= 0.6 is 0 Å². The molecule has 1 atom stereocenters. The fraction of sp³-hybridized carbons (Fsp3) is 0.407. The minimum absolute atomic E-state index is 0.170. The lowest BCUT2D eigenvalue weighted by Crippen LogP contribution is -2.49. The smallest absolute Gasteiger partial charge is 0.253 e. The van der Waals surface area contributed by atoms with Crippen LogP contribution in [0.2, 0.25) is 0 Å². The van der Waals surface area contributed by atoms with Crippen molar-refractivity contribution in [2.45, 2.75) is 32.4 Å². The first-order chi connectivity index (χ1) is 18.3. The van der Waals surface area contributed by atoms with E-state index in [2.05, 4.69) is 57.1 Å². The van der Waals surface area contributed by atoms with Crippen LogP contribution < -0.4 is 24.7 Å². The zero-order valence-electron chi connectivity index (χ0n) is 22.0. The van der Waals surface area contributed by atoms with Gasteiger partial charge in [0.25, 0.3) is 5.56 Å². The van der Waals surface area contributed by atoms with Gasteiger partial charge in [-0.05, 0) is 55.5 Å². The van der Waals surface area contributed by atoms with Crippen molar-refractivity contribution in [2.75, 3.05) is 45.0 Å². The molecule has 1 fully saturated rings. The number of hydrogen-bond acceptors (Lipinski definition) is 9. The number of anilines is 1. The van der Waals surface area contributed by atoms with Crippen LogP contribution in [0.15, 0.2) is 47.3 Å². The average molecular weight is 518 g/mol. The number of H-pyrrole nitrogens is 1. The molecule has 198 valence electrons. The van der Waals surface area contributed by atoms with Crippen molar-refractivity contribution in [3.05, 3.63) is 64.2 Å². The van der Waals surface area contributed by atoms with Crippen molar-refractivity contribution in [3.63, 3.8) is 0 Å². The number of fused-ring (bicyclic) bond motifs is 2. The largest absolute Gasteiger partial charge is 0.497 e. The third kappa shape index (κ3) is 4.32. The first-order valence-electron chi connectivity index (χ1n) is 12.7. The highest BCUT2D eigenvalue weighted by atomic mass is 16.7. The van der Waals surface area contributed by atoms with E-state index in [1.54, 1.807) is 7.11 Å². The van der Waals surface area contributed by atoms with Crippen LogP contribution in [0, 0.1) is 0 Å². The number of hydrogen-bond donors (Lipinski definition) is 1. The number of methoxy groups -OCH3 is 1. The van der Waals surface area contributed by atoms with Gasteiger partial charge in [-0.25, -0.2) is 4.68 Å². The molecule has 0 aliphatic carbocycles. The van der Waals surface area contributed by atoms with Crippen molar-refractivity contribution < 1.29 is 14.2 Å². The van der Waals surface area contributed by atoms with E-state index in [9.17, 15) is 4.79 Å². The number of ether oxygens (including phenoxy) is 3. The van der Waals surface area contributed by atoms with Crippen LogP contribution in [0.5, 0.6) is 17.2 Å². The predicted molar refractivity (Wildman–Crippen MR) is 142 cm³/mol. The van der Waals surface area contributed by atoms with E-state index in [0.717, 1.165) is 43.0 Å². The molecule has 2 aromatic carbocycles. The summed E-state index contributed by atoms with van der Waals surface area (Å²) < 4.78 is 18.3. The number of nitrogens with one attached hydrogen (secondary N) is 1. The Morgan fingerprint density at radius 3 is 2.53 bits per heavy atom.